The van der Waals surface area contributed by atoms with E-state index >= 15 is 0 Å². The van der Waals surface area contributed by atoms with E-state index in [9.17, 15) is 9.18 Å². The van der Waals surface area contributed by atoms with Gasteiger partial charge in [-0.1, -0.05) is 18.2 Å². The smallest absolute Gasteiger partial charge is 0.238 e. The second kappa shape index (κ2) is 7.07. The second-order valence-corrected chi connectivity index (χ2v) is 7.95. The predicted octanol–water partition coefficient (Wildman–Crippen LogP) is 4.53. The number of nitrogens with zero attached hydrogens (tertiary/aromatic N) is 1. The van der Waals surface area contributed by atoms with Crippen molar-refractivity contribution in [3.8, 4) is 0 Å². The molecule has 0 saturated carbocycles. The van der Waals surface area contributed by atoms with Crippen LogP contribution in [0.4, 0.5) is 10.1 Å². The number of benzene rings is 1. The van der Waals surface area contributed by atoms with Crippen LogP contribution in [-0.4, -0.2) is 23.9 Å². The first-order valence-electron chi connectivity index (χ1n) is 8.10. The SMILES string of the molecule is O=C(CN1CCc2sccc2[C@H]1c1cccs1)Nc1ccccc1F. The summed E-state index contributed by atoms with van der Waals surface area (Å²) in [6.45, 7) is 1.06. The first kappa shape index (κ1) is 16.4. The van der Waals surface area contributed by atoms with E-state index in [-0.39, 0.29) is 24.2 Å². The Bertz CT molecular complexity index is 875. The Morgan fingerprint density at radius 1 is 1.16 bits per heavy atom. The van der Waals surface area contributed by atoms with Crippen LogP contribution in [-0.2, 0) is 11.2 Å². The van der Waals surface area contributed by atoms with Crippen LogP contribution in [0.25, 0.3) is 0 Å². The zero-order chi connectivity index (χ0) is 17.2. The summed E-state index contributed by atoms with van der Waals surface area (Å²) in [6, 6.07) is 12.7. The Kier molecular flexibility index (Phi) is 4.65. The van der Waals surface area contributed by atoms with Gasteiger partial charge < -0.3 is 5.32 Å². The standard InChI is InChI=1S/C19H17FN2OS2/c20-14-4-1-2-5-15(14)21-18(23)12-22-9-7-16-13(8-11-25-16)19(22)17-6-3-10-24-17/h1-6,8,10-11,19H,7,9,12H2,(H,21,23)/t19-/m0/s1. The normalized spacial score (nSPS) is 17.2. The van der Waals surface area contributed by atoms with E-state index in [0.717, 1.165) is 13.0 Å². The molecule has 3 nitrogen and oxygen atoms in total. The molecule has 0 saturated heterocycles. The van der Waals surface area contributed by atoms with Crippen molar-refractivity contribution >= 4 is 34.3 Å². The van der Waals surface area contributed by atoms with Gasteiger partial charge in [-0.05, 0) is 47.0 Å². The average molecular weight is 372 g/mol. The highest BCUT2D eigenvalue weighted by Gasteiger charge is 2.31. The number of amides is 1. The quantitative estimate of drug-likeness (QED) is 0.729. The van der Waals surface area contributed by atoms with Crippen LogP contribution < -0.4 is 5.32 Å². The first-order chi connectivity index (χ1) is 12.2. The van der Waals surface area contributed by atoms with E-state index in [2.05, 4.69) is 33.1 Å². The molecule has 25 heavy (non-hydrogen) atoms. The molecular formula is C19H17FN2OS2. The molecule has 4 rings (SSSR count). The van der Waals surface area contributed by atoms with Gasteiger partial charge in [0.15, 0.2) is 0 Å². The lowest BCUT2D eigenvalue weighted by molar-refractivity contribution is -0.117. The summed E-state index contributed by atoms with van der Waals surface area (Å²) in [6.07, 6.45) is 0.946. The summed E-state index contributed by atoms with van der Waals surface area (Å²) >= 11 is 3.48. The third-order valence-electron chi connectivity index (χ3n) is 4.37. The molecule has 0 fully saturated rings. The van der Waals surface area contributed by atoms with Gasteiger partial charge >= 0.3 is 0 Å². The molecule has 3 heterocycles. The number of rotatable bonds is 4. The van der Waals surface area contributed by atoms with Crippen molar-refractivity contribution < 1.29 is 9.18 Å². The van der Waals surface area contributed by atoms with E-state index < -0.39 is 5.82 Å². The molecule has 1 aromatic carbocycles. The summed E-state index contributed by atoms with van der Waals surface area (Å²) in [7, 11) is 0. The molecule has 6 heteroatoms. The van der Waals surface area contributed by atoms with Crippen LogP contribution in [0.1, 0.15) is 21.4 Å². The summed E-state index contributed by atoms with van der Waals surface area (Å²) in [5.41, 5.74) is 1.52. The molecule has 2 aromatic heterocycles. The number of fused-ring (bicyclic) bond motifs is 1. The predicted molar refractivity (Wildman–Crippen MR) is 101 cm³/mol. The topological polar surface area (TPSA) is 32.3 Å². The van der Waals surface area contributed by atoms with Crippen molar-refractivity contribution in [3.63, 3.8) is 0 Å². The molecule has 0 aliphatic carbocycles. The fourth-order valence-corrected chi connectivity index (χ4v) is 5.04. The van der Waals surface area contributed by atoms with Crippen molar-refractivity contribution in [3.05, 3.63) is 74.4 Å². The van der Waals surface area contributed by atoms with E-state index in [1.807, 2.05) is 6.07 Å². The monoisotopic (exact) mass is 372 g/mol. The van der Waals surface area contributed by atoms with Gasteiger partial charge in [-0.3, -0.25) is 9.69 Å². The summed E-state index contributed by atoms with van der Waals surface area (Å²) in [4.78, 5) is 17.3. The maximum Gasteiger partial charge on any atom is 0.238 e. The summed E-state index contributed by atoms with van der Waals surface area (Å²) < 4.78 is 13.8. The average Bonchev–Trinajstić information content (AvgIpc) is 3.28. The molecule has 0 unspecified atom stereocenters. The molecule has 0 radical (unpaired) electrons. The summed E-state index contributed by atoms with van der Waals surface area (Å²) in [5, 5.41) is 6.87. The maximum absolute atomic E-state index is 13.8. The minimum Gasteiger partial charge on any atom is -0.322 e. The van der Waals surface area contributed by atoms with E-state index in [1.54, 1.807) is 40.9 Å². The largest absolute Gasteiger partial charge is 0.322 e. The number of anilines is 1. The Morgan fingerprint density at radius 3 is 2.84 bits per heavy atom. The van der Waals surface area contributed by atoms with Gasteiger partial charge in [0.1, 0.15) is 5.82 Å². The fourth-order valence-electron chi connectivity index (χ4n) is 3.26. The molecule has 0 bridgehead atoms. The van der Waals surface area contributed by atoms with E-state index in [1.165, 1.54) is 21.4 Å². The van der Waals surface area contributed by atoms with Gasteiger partial charge in [-0.25, -0.2) is 4.39 Å². The molecule has 1 N–H and O–H groups in total. The number of para-hydroxylation sites is 1. The highest BCUT2D eigenvalue weighted by Crippen LogP contribution is 2.39. The second-order valence-electron chi connectivity index (χ2n) is 5.97. The number of hydrogen-bond donors (Lipinski definition) is 1. The van der Waals surface area contributed by atoms with E-state index in [0.29, 0.717) is 0 Å². The van der Waals surface area contributed by atoms with Gasteiger partial charge in [-0.15, -0.1) is 22.7 Å². The summed E-state index contributed by atoms with van der Waals surface area (Å²) in [5.74, 6) is -0.602. The molecular weight excluding hydrogens is 355 g/mol. The number of carbonyl (C=O) groups is 1. The van der Waals surface area contributed by atoms with Gasteiger partial charge in [0.05, 0.1) is 18.3 Å². The molecule has 1 amide bonds. The van der Waals surface area contributed by atoms with Crippen molar-refractivity contribution in [2.45, 2.75) is 12.5 Å². The molecule has 1 aliphatic rings. The van der Waals surface area contributed by atoms with Crippen LogP contribution in [0.5, 0.6) is 0 Å². The van der Waals surface area contributed by atoms with Crippen molar-refractivity contribution in [2.24, 2.45) is 0 Å². The highest BCUT2D eigenvalue weighted by molar-refractivity contribution is 7.10. The number of carbonyl (C=O) groups excluding carboxylic acids is 1. The molecule has 0 spiro atoms. The Balaban J connectivity index is 1.55. The molecule has 128 valence electrons. The number of halogens is 1. The lowest BCUT2D eigenvalue weighted by Crippen LogP contribution is -2.40. The Morgan fingerprint density at radius 2 is 2.04 bits per heavy atom. The van der Waals surface area contributed by atoms with Crippen LogP contribution in [0.2, 0.25) is 0 Å². The minimum atomic E-state index is -0.413. The first-order valence-corrected chi connectivity index (χ1v) is 9.86. The minimum absolute atomic E-state index is 0.0985. The van der Waals surface area contributed by atoms with Gasteiger partial charge in [0.25, 0.3) is 0 Å². The van der Waals surface area contributed by atoms with Crippen LogP contribution in [0, 0.1) is 5.82 Å². The van der Waals surface area contributed by atoms with Gasteiger partial charge in [0, 0.05) is 16.3 Å². The van der Waals surface area contributed by atoms with Crippen molar-refractivity contribution in [1.82, 2.24) is 4.90 Å². The molecule has 1 atom stereocenters. The third kappa shape index (κ3) is 3.38. The zero-order valence-corrected chi connectivity index (χ0v) is 15.1. The maximum atomic E-state index is 13.8. The van der Waals surface area contributed by atoms with E-state index in [4.69, 9.17) is 0 Å². The Labute approximate surface area is 153 Å². The third-order valence-corrected chi connectivity index (χ3v) is 6.29. The lowest BCUT2D eigenvalue weighted by atomic mass is 9.98. The Hall–Kier alpha value is -2.02. The van der Waals surface area contributed by atoms with Crippen LogP contribution in [0.15, 0.2) is 53.2 Å². The van der Waals surface area contributed by atoms with Gasteiger partial charge in [-0.2, -0.15) is 0 Å². The number of nitrogens with one attached hydrogen (secondary N) is 1. The molecule has 1 aliphatic heterocycles. The van der Waals surface area contributed by atoms with Crippen molar-refractivity contribution in [2.75, 3.05) is 18.4 Å². The highest BCUT2D eigenvalue weighted by atomic mass is 32.1. The number of hydrogen-bond acceptors (Lipinski definition) is 4. The van der Waals surface area contributed by atoms with Crippen LogP contribution in [0.3, 0.4) is 0 Å². The van der Waals surface area contributed by atoms with Crippen LogP contribution >= 0.6 is 22.7 Å². The molecule has 3 aromatic rings. The zero-order valence-electron chi connectivity index (χ0n) is 13.4. The lowest BCUT2D eigenvalue weighted by Gasteiger charge is -2.34. The fraction of sp³-hybridized carbons (Fsp3) is 0.211. The number of thiophene rings is 2. The van der Waals surface area contributed by atoms with Gasteiger partial charge in [0.2, 0.25) is 5.91 Å². The van der Waals surface area contributed by atoms with Crippen molar-refractivity contribution in [1.29, 1.82) is 0 Å².